The van der Waals surface area contributed by atoms with Gasteiger partial charge in [0.25, 0.3) is 11.8 Å². The van der Waals surface area contributed by atoms with Crippen LogP contribution in [0.2, 0.25) is 0 Å². The van der Waals surface area contributed by atoms with Gasteiger partial charge in [-0.15, -0.1) is 0 Å². The van der Waals surface area contributed by atoms with Gasteiger partial charge in [-0.2, -0.15) is 5.10 Å². The number of carbonyl (C=O) groups is 3. The molecule has 1 aliphatic heterocycles. The molecule has 1 aliphatic rings. The number of anilines is 1. The average Bonchev–Trinajstić information content (AvgIpc) is 2.95. The number of amides is 3. The van der Waals surface area contributed by atoms with Crippen molar-refractivity contribution >= 4 is 23.5 Å². The summed E-state index contributed by atoms with van der Waals surface area (Å²) in [6.45, 7) is 2.73. The zero-order valence-corrected chi connectivity index (χ0v) is 14.5. The second-order valence-corrected chi connectivity index (χ2v) is 6.19. The Hall–Kier alpha value is -3.16. The lowest BCUT2D eigenvalue weighted by atomic mass is 10.1. The van der Waals surface area contributed by atoms with Crippen molar-refractivity contribution in [3.05, 3.63) is 41.1 Å². The van der Waals surface area contributed by atoms with Crippen molar-refractivity contribution in [3.8, 4) is 5.69 Å². The maximum atomic E-state index is 12.3. The van der Waals surface area contributed by atoms with Crippen LogP contribution in [-0.2, 0) is 11.2 Å². The van der Waals surface area contributed by atoms with Crippen molar-refractivity contribution in [1.29, 1.82) is 0 Å². The summed E-state index contributed by atoms with van der Waals surface area (Å²) < 4.78 is 1.39. The quantitative estimate of drug-likeness (QED) is 0.531. The van der Waals surface area contributed by atoms with Crippen LogP contribution in [0.3, 0.4) is 0 Å². The fourth-order valence-electron chi connectivity index (χ4n) is 2.89. The number of rotatable bonds is 6. The average molecular weight is 355 g/mol. The molecule has 1 aromatic carbocycles. The molecule has 0 saturated heterocycles. The van der Waals surface area contributed by atoms with Gasteiger partial charge in [-0.3, -0.25) is 19.7 Å². The van der Waals surface area contributed by atoms with Gasteiger partial charge in [0.05, 0.1) is 17.8 Å². The Labute approximate surface area is 150 Å². The maximum absolute atomic E-state index is 12.3. The fraction of sp³-hybridized carbons (Fsp3) is 0.333. The van der Waals surface area contributed by atoms with Crippen molar-refractivity contribution in [1.82, 2.24) is 20.4 Å². The fourth-order valence-corrected chi connectivity index (χ4v) is 2.89. The standard InChI is InChI=1S/C18H21N5O3/c1-2-3-4-8-20-17(25)11-6-5-7-12(9-11)23-16(19)15-13(22-23)10-14(24)21-18(15)26/h5-7,9H,2-4,8,10,19H2,1H3,(H,20,25)(H,21,24,26). The molecule has 0 radical (unpaired) electrons. The summed E-state index contributed by atoms with van der Waals surface area (Å²) in [4.78, 5) is 35.8. The van der Waals surface area contributed by atoms with E-state index in [2.05, 4.69) is 22.7 Å². The molecule has 1 aromatic heterocycles. The molecule has 3 amide bonds. The van der Waals surface area contributed by atoms with E-state index in [0.717, 1.165) is 19.3 Å². The molecular weight excluding hydrogens is 334 g/mol. The van der Waals surface area contributed by atoms with Crippen molar-refractivity contribution in [3.63, 3.8) is 0 Å². The summed E-state index contributed by atoms with van der Waals surface area (Å²) in [5, 5.41) is 9.40. The Morgan fingerprint density at radius 3 is 2.92 bits per heavy atom. The number of benzene rings is 1. The van der Waals surface area contributed by atoms with Crippen LogP contribution >= 0.6 is 0 Å². The molecule has 0 spiro atoms. The van der Waals surface area contributed by atoms with Crippen LogP contribution in [-0.4, -0.2) is 34.0 Å². The largest absolute Gasteiger partial charge is 0.383 e. The van der Waals surface area contributed by atoms with E-state index < -0.39 is 11.8 Å². The first kappa shape index (κ1) is 17.7. The zero-order valence-electron chi connectivity index (χ0n) is 14.5. The molecular formula is C18H21N5O3. The number of unbranched alkanes of at least 4 members (excludes halogenated alkanes) is 2. The highest BCUT2D eigenvalue weighted by atomic mass is 16.2. The molecule has 8 heteroatoms. The Balaban J connectivity index is 1.85. The van der Waals surface area contributed by atoms with E-state index in [0.29, 0.717) is 23.5 Å². The molecule has 0 unspecified atom stereocenters. The number of nitrogen functional groups attached to an aromatic ring is 1. The van der Waals surface area contributed by atoms with Gasteiger partial charge in [0.2, 0.25) is 5.91 Å². The van der Waals surface area contributed by atoms with Crippen LogP contribution in [0.25, 0.3) is 5.69 Å². The lowest BCUT2D eigenvalue weighted by Gasteiger charge is -2.09. The molecule has 3 rings (SSSR count). The molecule has 0 aliphatic carbocycles. The number of nitrogens with two attached hydrogens (primary N) is 1. The summed E-state index contributed by atoms with van der Waals surface area (Å²) in [5.74, 6) is -0.992. The van der Waals surface area contributed by atoms with E-state index in [-0.39, 0.29) is 23.7 Å². The highest BCUT2D eigenvalue weighted by molar-refractivity contribution is 6.12. The Morgan fingerprint density at radius 1 is 1.35 bits per heavy atom. The second kappa shape index (κ2) is 7.38. The number of imide groups is 1. The number of aromatic nitrogens is 2. The summed E-state index contributed by atoms with van der Waals surface area (Å²) in [6.07, 6.45) is 3.08. The summed E-state index contributed by atoms with van der Waals surface area (Å²) >= 11 is 0. The molecule has 0 atom stereocenters. The van der Waals surface area contributed by atoms with Gasteiger partial charge < -0.3 is 11.1 Å². The monoisotopic (exact) mass is 355 g/mol. The van der Waals surface area contributed by atoms with Gasteiger partial charge in [-0.1, -0.05) is 25.8 Å². The molecule has 136 valence electrons. The molecule has 0 saturated carbocycles. The van der Waals surface area contributed by atoms with E-state index in [1.54, 1.807) is 24.3 Å². The van der Waals surface area contributed by atoms with E-state index in [9.17, 15) is 14.4 Å². The Morgan fingerprint density at radius 2 is 2.15 bits per heavy atom. The first-order chi connectivity index (χ1) is 12.5. The van der Waals surface area contributed by atoms with E-state index in [1.165, 1.54) is 4.68 Å². The predicted octanol–water partition coefficient (Wildman–Crippen LogP) is 1.19. The van der Waals surface area contributed by atoms with E-state index >= 15 is 0 Å². The minimum Gasteiger partial charge on any atom is -0.383 e. The number of hydrogen-bond donors (Lipinski definition) is 3. The number of hydrogen-bond acceptors (Lipinski definition) is 5. The van der Waals surface area contributed by atoms with Crippen LogP contribution in [0.15, 0.2) is 24.3 Å². The summed E-state index contributed by atoms with van der Waals surface area (Å²) in [5.41, 5.74) is 7.64. The maximum Gasteiger partial charge on any atom is 0.263 e. The highest BCUT2D eigenvalue weighted by Crippen LogP contribution is 2.24. The Kier molecular flexibility index (Phi) is 5.01. The SMILES string of the molecule is CCCCCNC(=O)c1cccc(-n2nc3c(c2N)C(=O)NC(=O)C3)c1. The van der Waals surface area contributed by atoms with E-state index in [4.69, 9.17) is 5.73 Å². The number of carbonyl (C=O) groups excluding carboxylic acids is 3. The van der Waals surface area contributed by atoms with Gasteiger partial charge >= 0.3 is 0 Å². The molecule has 2 aromatic rings. The van der Waals surface area contributed by atoms with Crippen LogP contribution in [0, 0.1) is 0 Å². The van der Waals surface area contributed by atoms with Crippen molar-refractivity contribution in [2.45, 2.75) is 32.6 Å². The number of nitrogens with zero attached hydrogens (tertiary/aromatic N) is 2. The third-order valence-electron chi connectivity index (χ3n) is 4.22. The molecule has 0 bridgehead atoms. The first-order valence-electron chi connectivity index (χ1n) is 8.61. The van der Waals surface area contributed by atoms with Crippen molar-refractivity contribution < 1.29 is 14.4 Å². The van der Waals surface area contributed by atoms with Crippen molar-refractivity contribution in [2.24, 2.45) is 0 Å². The normalized spacial score (nSPS) is 13.3. The van der Waals surface area contributed by atoms with Gasteiger partial charge in [-0.05, 0) is 24.6 Å². The third-order valence-corrected chi connectivity index (χ3v) is 4.22. The smallest absolute Gasteiger partial charge is 0.263 e. The van der Waals surface area contributed by atoms with Crippen LogP contribution in [0.1, 0.15) is 52.6 Å². The minimum atomic E-state index is -0.551. The van der Waals surface area contributed by atoms with Gasteiger partial charge in [0.1, 0.15) is 11.4 Å². The van der Waals surface area contributed by atoms with Gasteiger partial charge in [0, 0.05) is 12.1 Å². The highest BCUT2D eigenvalue weighted by Gasteiger charge is 2.30. The van der Waals surface area contributed by atoms with Crippen LogP contribution in [0.5, 0.6) is 0 Å². The summed E-state index contributed by atoms with van der Waals surface area (Å²) in [6, 6.07) is 6.82. The lowest BCUT2D eigenvalue weighted by molar-refractivity contribution is -0.119. The van der Waals surface area contributed by atoms with Gasteiger partial charge in [-0.25, -0.2) is 4.68 Å². The molecule has 4 N–H and O–H groups in total. The van der Waals surface area contributed by atoms with Crippen LogP contribution in [0.4, 0.5) is 5.82 Å². The van der Waals surface area contributed by atoms with Gasteiger partial charge in [0.15, 0.2) is 0 Å². The zero-order chi connectivity index (χ0) is 18.7. The second-order valence-electron chi connectivity index (χ2n) is 6.19. The molecule has 2 heterocycles. The van der Waals surface area contributed by atoms with Crippen LogP contribution < -0.4 is 16.4 Å². The first-order valence-corrected chi connectivity index (χ1v) is 8.61. The van der Waals surface area contributed by atoms with E-state index in [1.807, 2.05) is 0 Å². The molecule has 26 heavy (non-hydrogen) atoms. The molecule has 8 nitrogen and oxygen atoms in total. The number of fused-ring (bicyclic) bond motifs is 1. The minimum absolute atomic E-state index is 0.00409. The third kappa shape index (κ3) is 3.44. The topological polar surface area (TPSA) is 119 Å². The number of nitrogens with one attached hydrogen (secondary N) is 2. The van der Waals surface area contributed by atoms with Crippen molar-refractivity contribution in [2.75, 3.05) is 12.3 Å². The summed E-state index contributed by atoms with van der Waals surface area (Å²) in [7, 11) is 0. The molecule has 0 fully saturated rings. The Bertz CT molecular complexity index is 872. The predicted molar refractivity (Wildman–Crippen MR) is 96.0 cm³/mol. The lowest BCUT2D eigenvalue weighted by Crippen LogP contribution is -2.37.